The Morgan fingerprint density at radius 2 is 1.93 bits per heavy atom. The number of ether oxygens (including phenoxy) is 1. The van der Waals surface area contributed by atoms with Gasteiger partial charge in [-0.3, -0.25) is 14.9 Å². The molecule has 5 rings (SSSR count). The van der Waals surface area contributed by atoms with Crippen molar-refractivity contribution in [1.82, 2.24) is 19.4 Å². The highest BCUT2D eigenvalue weighted by Crippen LogP contribution is 2.47. The van der Waals surface area contributed by atoms with Gasteiger partial charge in [0.1, 0.15) is 18.1 Å². The number of alkyl halides is 2. The summed E-state index contributed by atoms with van der Waals surface area (Å²) in [5, 5.41) is 11.0. The fourth-order valence-electron chi connectivity index (χ4n) is 5.71. The number of hydrogen-bond acceptors (Lipinski definition) is 5. The Balaban J connectivity index is 1.58. The van der Waals surface area contributed by atoms with E-state index in [4.69, 9.17) is 9.84 Å². The van der Waals surface area contributed by atoms with E-state index in [9.17, 15) is 31.9 Å². The van der Waals surface area contributed by atoms with Crippen LogP contribution in [-0.2, 0) is 28.3 Å². The highest BCUT2D eigenvalue weighted by atomic mass is 28.3. The molecule has 0 bridgehead atoms. The molecule has 0 aliphatic carbocycles. The van der Waals surface area contributed by atoms with Crippen LogP contribution in [0, 0.1) is 11.6 Å². The number of benzene rings is 1. The molecule has 10 nitrogen and oxygen atoms in total. The molecule has 0 saturated carbocycles. The van der Waals surface area contributed by atoms with Crippen molar-refractivity contribution in [2.75, 3.05) is 25.0 Å². The predicted molar refractivity (Wildman–Crippen MR) is 151 cm³/mol. The van der Waals surface area contributed by atoms with E-state index in [1.165, 1.54) is 17.0 Å². The highest BCUT2D eigenvalue weighted by molar-refractivity contribution is 6.76. The van der Waals surface area contributed by atoms with Crippen molar-refractivity contribution in [2.45, 2.75) is 57.3 Å². The number of aromatic nitrogens is 2. The second-order valence-corrected chi connectivity index (χ2v) is 17.5. The van der Waals surface area contributed by atoms with Crippen molar-refractivity contribution in [3.63, 3.8) is 0 Å². The maximum atomic E-state index is 14.9. The number of carboxylic acid groups (broad SMARTS) is 1. The summed E-state index contributed by atoms with van der Waals surface area (Å²) in [6, 6.07) is 6.93. The number of anilines is 1. The third-order valence-electron chi connectivity index (χ3n) is 7.79. The molecule has 1 spiro atoms. The van der Waals surface area contributed by atoms with E-state index in [1.54, 1.807) is 4.57 Å². The number of fused-ring (bicyclic) bond motifs is 3. The molecule has 2 aromatic heterocycles. The summed E-state index contributed by atoms with van der Waals surface area (Å²) in [4.78, 5) is 45.0. The van der Waals surface area contributed by atoms with Crippen LogP contribution in [0.2, 0.25) is 25.7 Å². The number of rotatable bonds is 10. The lowest BCUT2D eigenvalue weighted by atomic mass is 9.87. The number of halogens is 4. The van der Waals surface area contributed by atoms with Crippen molar-refractivity contribution < 1.29 is 41.8 Å². The Hall–Kier alpha value is -3.98. The van der Waals surface area contributed by atoms with Gasteiger partial charge in [-0.25, -0.2) is 27.3 Å². The van der Waals surface area contributed by atoms with Gasteiger partial charge in [-0.2, -0.15) is 0 Å². The van der Waals surface area contributed by atoms with E-state index in [-0.39, 0.29) is 48.4 Å². The van der Waals surface area contributed by atoms with Gasteiger partial charge in [-0.15, -0.1) is 0 Å². The lowest BCUT2D eigenvalue weighted by Crippen LogP contribution is -2.50. The Bertz CT molecular complexity index is 1610. The Kier molecular flexibility index (Phi) is 7.98. The van der Waals surface area contributed by atoms with Crippen LogP contribution in [0.5, 0.6) is 0 Å². The maximum absolute atomic E-state index is 14.9. The van der Waals surface area contributed by atoms with Gasteiger partial charge in [0.25, 0.3) is 18.2 Å². The molecule has 2 N–H and O–H groups in total. The first kappa shape index (κ1) is 30.5. The summed E-state index contributed by atoms with van der Waals surface area (Å²) >= 11 is 0. The van der Waals surface area contributed by atoms with Gasteiger partial charge >= 0.3 is 6.09 Å². The third-order valence-corrected chi connectivity index (χ3v) is 9.50. The van der Waals surface area contributed by atoms with Gasteiger partial charge in [0.15, 0.2) is 11.6 Å². The first-order valence-corrected chi connectivity index (χ1v) is 17.4. The van der Waals surface area contributed by atoms with Crippen LogP contribution in [0.25, 0.3) is 11.0 Å². The summed E-state index contributed by atoms with van der Waals surface area (Å²) in [6.07, 6.45) is -4.29. The molecule has 1 atom stereocenters. The number of hydrogen-bond donors (Lipinski definition) is 2. The summed E-state index contributed by atoms with van der Waals surface area (Å²) in [7, 11) is -1.46. The molecule has 2 aliphatic rings. The van der Waals surface area contributed by atoms with E-state index >= 15 is 0 Å². The Morgan fingerprint density at radius 1 is 1.19 bits per heavy atom. The van der Waals surface area contributed by atoms with Crippen LogP contribution in [0.3, 0.4) is 0 Å². The van der Waals surface area contributed by atoms with Gasteiger partial charge < -0.3 is 24.2 Å². The zero-order chi connectivity index (χ0) is 31.3. The molecular weight excluding hydrogens is 590 g/mol. The van der Waals surface area contributed by atoms with Gasteiger partial charge in [0, 0.05) is 50.5 Å². The van der Waals surface area contributed by atoms with Crippen LogP contribution in [0.4, 0.5) is 28.2 Å². The number of nitrogens with zero attached hydrogens (tertiary/aromatic N) is 4. The number of nitrogens with one attached hydrogen (secondary N) is 1. The summed E-state index contributed by atoms with van der Waals surface area (Å²) in [5.74, 6) is -3.51. The van der Waals surface area contributed by atoms with Crippen molar-refractivity contribution in [3.8, 4) is 0 Å². The summed E-state index contributed by atoms with van der Waals surface area (Å²) in [5.41, 5.74) is -0.661. The van der Waals surface area contributed by atoms with Crippen molar-refractivity contribution in [3.05, 3.63) is 58.8 Å². The normalized spacial score (nSPS) is 18.5. The SMILES string of the molecule is C[Si](C)(C)CCOCn1c(CN2C(=O)c3cc(F)ccc3[C@]23CCN(CC(F)F)C3=O)cc2nc(NC(=O)O)c(F)cc21. The van der Waals surface area contributed by atoms with Crippen LogP contribution >= 0.6 is 0 Å². The van der Waals surface area contributed by atoms with Crippen LogP contribution < -0.4 is 5.32 Å². The summed E-state index contributed by atoms with van der Waals surface area (Å²) in [6.45, 7) is 5.77. The molecular formula is C28H31F4N5O5Si. The minimum absolute atomic E-state index is 0.00935. The topological polar surface area (TPSA) is 117 Å². The lowest BCUT2D eigenvalue weighted by Gasteiger charge is -2.34. The molecule has 2 aliphatic heterocycles. The zero-order valence-electron chi connectivity index (χ0n) is 23.8. The van der Waals surface area contributed by atoms with Crippen LogP contribution in [0.15, 0.2) is 30.3 Å². The van der Waals surface area contributed by atoms with E-state index < -0.39 is 61.9 Å². The second-order valence-electron chi connectivity index (χ2n) is 11.9. The lowest BCUT2D eigenvalue weighted by molar-refractivity contribution is -0.138. The fourth-order valence-corrected chi connectivity index (χ4v) is 6.46. The predicted octanol–water partition coefficient (Wildman–Crippen LogP) is 5.07. The van der Waals surface area contributed by atoms with Gasteiger partial charge in [-0.1, -0.05) is 25.7 Å². The molecule has 1 aromatic carbocycles. The molecule has 0 unspecified atom stereocenters. The average Bonchev–Trinajstić information content (AvgIpc) is 3.48. The van der Waals surface area contributed by atoms with Crippen LogP contribution in [-0.4, -0.2) is 76.6 Å². The van der Waals surface area contributed by atoms with Crippen LogP contribution in [0.1, 0.15) is 28.0 Å². The van der Waals surface area contributed by atoms with Gasteiger partial charge in [0.2, 0.25) is 0 Å². The molecule has 43 heavy (non-hydrogen) atoms. The van der Waals surface area contributed by atoms with E-state index in [0.29, 0.717) is 12.3 Å². The monoisotopic (exact) mass is 621 g/mol. The molecule has 3 amide bonds. The Morgan fingerprint density at radius 3 is 2.60 bits per heavy atom. The van der Waals surface area contributed by atoms with E-state index in [0.717, 1.165) is 29.1 Å². The van der Waals surface area contributed by atoms with Gasteiger partial charge in [-0.05, 0) is 24.2 Å². The van der Waals surface area contributed by atoms with E-state index in [1.807, 2.05) is 5.32 Å². The molecule has 4 heterocycles. The van der Waals surface area contributed by atoms with E-state index in [2.05, 4.69) is 24.6 Å². The van der Waals surface area contributed by atoms with Crippen molar-refractivity contribution in [1.29, 1.82) is 0 Å². The average molecular weight is 622 g/mol. The molecule has 3 aromatic rings. The third kappa shape index (κ3) is 5.70. The maximum Gasteiger partial charge on any atom is 0.410 e. The number of carbonyl (C=O) groups excluding carboxylic acids is 2. The zero-order valence-corrected chi connectivity index (χ0v) is 24.8. The summed E-state index contributed by atoms with van der Waals surface area (Å²) < 4.78 is 63.3. The molecule has 1 fully saturated rings. The molecule has 230 valence electrons. The number of carbonyl (C=O) groups is 3. The quantitative estimate of drug-likeness (QED) is 0.186. The minimum atomic E-state index is -2.79. The number of amides is 3. The van der Waals surface area contributed by atoms with Crippen molar-refractivity contribution in [2.24, 2.45) is 0 Å². The second kappa shape index (κ2) is 11.3. The first-order valence-electron chi connectivity index (χ1n) is 13.7. The molecule has 1 saturated heterocycles. The number of likely N-dealkylation sites (tertiary alicyclic amines) is 1. The standard InChI is InChI=1S/C28H31F4N5O5Si/c1-43(2,3)9-8-42-15-36-17(11-21-22(36)12-20(30)24(33-21)34-27(40)41)13-37-25(38)18-10-16(29)4-5-19(18)28(37)6-7-35(26(28)39)14-23(31)32/h4-5,10-12,23H,6-9,13-15H2,1-3H3,(H,33,34)(H,40,41)/t28-/m0/s1. The highest BCUT2D eigenvalue weighted by Gasteiger charge is 2.59. The molecule has 15 heteroatoms. The first-order chi connectivity index (χ1) is 20.2. The largest absolute Gasteiger partial charge is 0.465 e. The number of pyridine rings is 1. The fraction of sp³-hybridized carbons (Fsp3) is 0.429. The van der Waals surface area contributed by atoms with Crippen molar-refractivity contribution >= 4 is 42.8 Å². The molecule has 0 radical (unpaired) electrons. The minimum Gasteiger partial charge on any atom is -0.465 e. The smallest absolute Gasteiger partial charge is 0.410 e. The van der Waals surface area contributed by atoms with Gasteiger partial charge in [0.05, 0.1) is 24.1 Å². The Labute approximate surface area is 245 Å².